The molecule has 6 nitrogen and oxygen atoms in total. The Morgan fingerprint density at radius 3 is 2.56 bits per heavy atom. The molecule has 2 N–H and O–H groups in total. The summed E-state index contributed by atoms with van der Waals surface area (Å²) in [6, 6.07) is 4.80. The Kier molecular flexibility index (Phi) is 6.98. The second kappa shape index (κ2) is 8.78. The van der Waals surface area contributed by atoms with Gasteiger partial charge < -0.3 is 10.2 Å². The zero-order valence-electron chi connectivity index (χ0n) is 15.3. The molecule has 0 unspecified atom stereocenters. The molecule has 1 aromatic carbocycles. The molecule has 0 spiro atoms. The highest BCUT2D eigenvalue weighted by Crippen LogP contribution is 2.21. The van der Waals surface area contributed by atoms with Gasteiger partial charge in [0.1, 0.15) is 0 Å². The fourth-order valence-electron chi connectivity index (χ4n) is 3.13. The van der Waals surface area contributed by atoms with Crippen molar-refractivity contribution in [1.29, 1.82) is 0 Å². The van der Waals surface area contributed by atoms with Gasteiger partial charge in [-0.05, 0) is 69.4 Å². The van der Waals surface area contributed by atoms with Crippen molar-refractivity contribution in [3.8, 4) is 0 Å². The Labute approximate surface area is 151 Å². The van der Waals surface area contributed by atoms with Crippen LogP contribution in [0.5, 0.6) is 0 Å². The number of hydrogen-bond acceptors (Lipinski definition) is 4. The molecule has 0 aromatic heterocycles. The minimum atomic E-state index is -3.57. The molecule has 1 heterocycles. The number of benzene rings is 1. The summed E-state index contributed by atoms with van der Waals surface area (Å²) in [6.45, 7) is 9.08. The number of aryl methyl sites for hydroxylation is 1. The maximum Gasteiger partial charge on any atom is 0.240 e. The number of nitrogens with one attached hydrogen (secondary N) is 2. The number of anilines is 1. The fourth-order valence-corrected chi connectivity index (χ4v) is 4.28. The van der Waals surface area contributed by atoms with Gasteiger partial charge in [-0.3, -0.25) is 4.79 Å². The standard InChI is InChI=1S/C18H29N3O3S/c1-4-9-21-10-7-16(8-11-21)13-19-25(23,24)17-6-5-14(2)18(12-17)20-15(3)22/h5-6,12,16,19H,4,7-11,13H2,1-3H3,(H,20,22). The van der Waals surface area contributed by atoms with E-state index in [1.165, 1.54) is 13.0 Å². The molecule has 1 aliphatic rings. The van der Waals surface area contributed by atoms with E-state index in [1.807, 2.05) is 6.92 Å². The van der Waals surface area contributed by atoms with Crippen LogP contribution >= 0.6 is 0 Å². The van der Waals surface area contributed by atoms with Crippen LogP contribution in [0.3, 0.4) is 0 Å². The molecule has 0 aliphatic carbocycles. The maximum atomic E-state index is 12.6. The highest BCUT2D eigenvalue weighted by atomic mass is 32.2. The normalized spacial score (nSPS) is 16.8. The van der Waals surface area contributed by atoms with E-state index in [9.17, 15) is 13.2 Å². The molecule has 1 aliphatic heterocycles. The molecule has 140 valence electrons. The molecule has 0 bridgehead atoms. The van der Waals surface area contributed by atoms with E-state index < -0.39 is 10.0 Å². The molecule has 1 aromatic rings. The van der Waals surface area contributed by atoms with Crippen molar-refractivity contribution in [2.45, 2.75) is 44.9 Å². The van der Waals surface area contributed by atoms with Gasteiger partial charge in [0.2, 0.25) is 15.9 Å². The van der Waals surface area contributed by atoms with Crippen LogP contribution in [0.4, 0.5) is 5.69 Å². The van der Waals surface area contributed by atoms with E-state index in [0.29, 0.717) is 18.2 Å². The van der Waals surface area contributed by atoms with E-state index in [4.69, 9.17) is 0 Å². The molecule has 2 rings (SSSR count). The molecule has 1 fully saturated rings. The number of hydrogen-bond donors (Lipinski definition) is 2. The summed E-state index contributed by atoms with van der Waals surface area (Å²) < 4.78 is 27.8. The van der Waals surface area contributed by atoms with Gasteiger partial charge in [-0.1, -0.05) is 13.0 Å². The third-order valence-corrected chi connectivity index (χ3v) is 6.06. The number of piperidine rings is 1. The number of sulfonamides is 1. The van der Waals surface area contributed by atoms with E-state index >= 15 is 0 Å². The van der Waals surface area contributed by atoms with Gasteiger partial charge in [-0.2, -0.15) is 0 Å². The third kappa shape index (κ3) is 5.80. The fraction of sp³-hybridized carbons (Fsp3) is 0.611. The molecular formula is C18H29N3O3S. The molecular weight excluding hydrogens is 338 g/mol. The van der Waals surface area contributed by atoms with Crippen LogP contribution in [0.2, 0.25) is 0 Å². The summed E-state index contributed by atoms with van der Waals surface area (Å²) in [5, 5.41) is 2.67. The predicted octanol–water partition coefficient (Wildman–Crippen LogP) is 2.35. The maximum absolute atomic E-state index is 12.6. The smallest absolute Gasteiger partial charge is 0.240 e. The number of carbonyl (C=O) groups is 1. The number of nitrogens with zero attached hydrogens (tertiary/aromatic N) is 1. The summed E-state index contributed by atoms with van der Waals surface area (Å²) in [6.07, 6.45) is 3.20. The predicted molar refractivity (Wildman–Crippen MR) is 100 cm³/mol. The summed E-state index contributed by atoms with van der Waals surface area (Å²) >= 11 is 0. The second-order valence-electron chi connectivity index (χ2n) is 6.79. The van der Waals surface area contributed by atoms with Gasteiger partial charge >= 0.3 is 0 Å². The molecule has 0 atom stereocenters. The zero-order chi connectivity index (χ0) is 18.4. The number of rotatable bonds is 7. The van der Waals surface area contributed by atoms with Gasteiger partial charge in [0.25, 0.3) is 0 Å². The Hall–Kier alpha value is -1.44. The van der Waals surface area contributed by atoms with Crippen molar-refractivity contribution >= 4 is 21.6 Å². The van der Waals surface area contributed by atoms with Gasteiger partial charge in [0.15, 0.2) is 0 Å². The minimum Gasteiger partial charge on any atom is -0.326 e. The van der Waals surface area contributed by atoms with Crippen LogP contribution in [-0.4, -0.2) is 45.4 Å². The molecule has 7 heteroatoms. The van der Waals surface area contributed by atoms with Crippen molar-refractivity contribution in [1.82, 2.24) is 9.62 Å². The van der Waals surface area contributed by atoms with Crippen molar-refractivity contribution in [2.75, 3.05) is 31.5 Å². The quantitative estimate of drug-likeness (QED) is 0.775. The van der Waals surface area contributed by atoms with Crippen LogP contribution in [-0.2, 0) is 14.8 Å². The molecule has 0 radical (unpaired) electrons. The lowest BCUT2D eigenvalue weighted by Crippen LogP contribution is -2.38. The zero-order valence-corrected chi connectivity index (χ0v) is 16.2. The largest absolute Gasteiger partial charge is 0.326 e. The Balaban J connectivity index is 1.97. The van der Waals surface area contributed by atoms with Crippen LogP contribution in [0.25, 0.3) is 0 Å². The Morgan fingerprint density at radius 1 is 1.28 bits per heavy atom. The first-order chi connectivity index (χ1) is 11.8. The monoisotopic (exact) mass is 367 g/mol. The van der Waals surface area contributed by atoms with Crippen LogP contribution in [0.15, 0.2) is 23.1 Å². The SMILES string of the molecule is CCCN1CCC(CNS(=O)(=O)c2ccc(C)c(NC(C)=O)c2)CC1. The lowest BCUT2D eigenvalue weighted by molar-refractivity contribution is -0.114. The lowest BCUT2D eigenvalue weighted by atomic mass is 9.97. The molecule has 0 saturated carbocycles. The number of carbonyl (C=O) groups excluding carboxylic acids is 1. The van der Waals surface area contributed by atoms with E-state index in [-0.39, 0.29) is 10.8 Å². The first-order valence-electron chi connectivity index (χ1n) is 8.92. The summed E-state index contributed by atoms with van der Waals surface area (Å²) in [5.74, 6) is 0.160. The molecule has 1 saturated heterocycles. The topological polar surface area (TPSA) is 78.5 Å². The van der Waals surface area contributed by atoms with Gasteiger partial charge in [0.05, 0.1) is 4.90 Å². The highest BCUT2D eigenvalue weighted by molar-refractivity contribution is 7.89. The van der Waals surface area contributed by atoms with Crippen molar-refractivity contribution in [3.05, 3.63) is 23.8 Å². The lowest BCUT2D eigenvalue weighted by Gasteiger charge is -2.31. The summed E-state index contributed by atoms with van der Waals surface area (Å²) in [4.78, 5) is 13.9. The van der Waals surface area contributed by atoms with Gasteiger partial charge in [-0.15, -0.1) is 0 Å². The van der Waals surface area contributed by atoms with Crippen LogP contribution in [0, 0.1) is 12.8 Å². The van der Waals surface area contributed by atoms with Gasteiger partial charge in [0, 0.05) is 19.2 Å². The first-order valence-corrected chi connectivity index (χ1v) is 10.4. The van der Waals surface area contributed by atoms with Crippen molar-refractivity contribution in [3.63, 3.8) is 0 Å². The number of amides is 1. The van der Waals surface area contributed by atoms with Crippen molar-refractivity contribution < 1.29 is 13.2 Å². The van der Waals surface area contributed by atoms with E-state index in [0.717, 1.165) is 44.5 Å². The average Bonchev–Trinajstić information content (AvgIpc) is 2.56. The highest BCUT2D eigenvalue weighted by Gasteiger charge is 2.22. The van der Waals surface area contributed by atoms with Gasteiger partial charge in [-0.25, -0.2) is 13.1 Å². The summed E-state index contributed by atoms with van der Waals surface area (Å²) in [5.41, 5.74) is 1.36. The van der Waals surface area contributed by atoms with Crippen LogP contribution < -0.4 is 10.0 Å². The molecule has 1 amide bonds. The van der Waals surface area contributed by atoms with Crippen LogP contribution in [0.1, 0.15) is 38.7 Å². The Morgan fingerprint density at radius 2 is 1.96 bits per heavy atom. The minimum absolute atomic E-state index is 0.185. The number of likely N-dealkylation sites (tertiary alicyclic amines) is 1. The molecule has 25 heavy (non-hydrogen) atoms. The Bertz CT molecular complexity index is 696. The second-order valence-corrected chi connectivity index (χ2v) is 8.56. The van der Waals surface area contributed by atoms with E-state index in [2.05, 4.69) is 21.9 Å². The van der Waals surface area contributed by atoms with Crippen molar-refractivity contribution in [2.24, 2.45) is 5.92 Å². The first kappa shape index (κ1) is 19.9. The summed E-state index contributed by atoms with van der Waals surface area (Å²) in [7, 11) is -3.57. The van der Waals surface area contributed by atoms with E-state index in [1.54, 1.807) is 12.1 Å². The average molecular weight is 368 g/mol. The third-order valence-electron chi connectivity index (χ3n) is 4.64.